The smallest absolute Gasteiger partial charge is 0.253 e. The summed E-state index contributed by atoms with van der Waals surface area (Å²) in [6, 6.07) is 12.9. The van der Waals surface area contributed by atoms with Crippen molar-refractivity contribution in [3.63, 3.8) is 0 Å². The van der Waals surface area contributed by atoms with Gasteiger partial charge in [-0.15, -0.1) is 11.3 Å². The van der Waals surface area contributed by atoms with Crippen molar-refractivity contribution in [2.24, 2.45) is 0 Å². The molecule has 0 spiro atoms. The average molecular weight is 462 g/mol. The van der Waals surface area contributed by atoms with Crippen LogP contribution in [0.4, 0.5) is 0 Å². The molecule has 0 aliphatic rings. The number of furan rings is 1. The van der Waals surface area contributed by atoms with Crippen LogP contribution in [0.1, 0.15) is 21.0 Å². The number of hydrogen-bond donors (Lipinski definition) is 1. The number of carbonyl (C=O) groups is 2. The molecule has 3 rings (SSSR count). The van der Waals surface area contributed by atoms with Gasteiger partial charge >= 0.3 is 0 Å². The second-order valence-corrected chi connectivity index (χ2v) is 9.76. The van der Waals surface area contributed by atoms with Crippen LogP contribution in [0.25, 0.3) is 0 Å². The Morgan fingerprint density at radius 3 is 2.35 bits per heavy atom. The number of rotatable bonds is 9. The fourth-order valence-corrected chi connectivity index (χ4v) is 4.49. The van der Waals surface area contributed by atoms with Crippen molar-refractivity contribution >= 4 is 33.2 Å². The molecule has 2 aromatic heterocycles. The molecule has 0 saturated heterocycles. The van der Waals surface area contributed by atoms with Gasteiger partial charge in [0.1, 0.15) is 5.76 Å². The number of nitrogens with zero attached hydrogens (tertiary/aromatic N) is 2. The fourth-order valence-electron chi connectivity index (χ4n) is 2.80. The van der Waals surface area contributed by atoms with Gasteiger partial charge in [-0.3, -0.25) is 9.59 Å². The summed E-state index contributed by atoms with van der Waals surface area (Å²) < 4.78 is 32.9. The average Bonchev–Trinajstić information content (AvgIpc) is 3.45. The zero-order valence-corrected chi connectivity index (χ0v) is 18.8. The van der Waals surface area contributed by atoms with Gasteiger partial charge in [-0.05, 0) is 47.8 Å². The first-order chi connectivity index (χ1) is 14.8. The van der Waals surface area contributed by atoms with Crippen LogP contribution >= 0.6 is 11.3 Å². The maximum Gasteiger partial charge on any atom is 0.253 e. The van der Waals surface area contributed by atoms with E-state index in [-0.39, 0.29) is 23.3 Å². The van der Waals surface area contributed by atoms with Gasteiger partial charge in [-0.25, -0.2) is 13.1 Å². The number of nitrogens with one attached hydrogen (secondary N) is 1. The van der Waals surface area contributed by atoms with Crippen molar-refractivity contribution in [1.29, 1.82) is 0 Å². The normalized spacial score (nSPS) is 11.3. The second kappa shape index (κ2) is 9.90. The molecular formula is C21H23N3O5S2. The SMILES string of the molecule is CN(C)C(=O)c1ccc(S(=O)(=O)NCC(=O)N(Cc2ccco2)Cc2cccs2)cc1. The minimum Gasteiger partial charge on any atom is -0.467 e. The Labute approximate surface area is 185 Å². The van der Waals surface area contributed by atoms with Crippen LogP contribution < -0.4 is 4.72 Å². The molecule has 0 aliphatic heterocycles. The van der Waals surface area contributed by atoms with Gasteiger partial charge in [0.15, 0.2) is 0 Å². The quantitative estimate of drug-likeness (QED) is 0.528. The summed E-state index contributed by atoms with van der Waals surface area (Å²) in [4.78, 5) is 28.7. The Kier molecular flexibility index (Phi) is 7.26. The largest absolute Gasteiger partial charge is 0.467 e. The molecule has 3 aromatic rings. The Bertz CT molecular complexity index is 1070. The molecule has 0 atom stereocenters. The van der Waals surface area contributed by atoms with E-state index in [1.807, 2.05) is 17.5 Å². The number of sulfonamides is 1. The van der Waals surface area contributed by atoms with E-state index in [0.29, 0.717) is 17.9 Å². The molecular weight excluding hydrogens is 438 g/mol. The Morgan fingerprint density at radius 1 is 1.03 bits per heavy atom. The lowest BCUT2D eigenvalue weighted by atomic mass is 10.2. The van der Waals surface area contributed by atoms with Crippen molar-refractivity contribution in [1.82, 2.24) is 14.5 Å². The molecule has 0 aliphatic carbocycles. The summed E-state index contributed by atoms with van der Waals surface area (Å²) in [7, 11) is -0.687. The molecule has 10 heteroatoms. The third-order valence-electron chi connectivity index (χ3n) is 4.44. The second-order valence-electron chi connectivity index (χ2n) is 6.96. The zero-order chi connectivity index (χ0) is 22.4. The lowest BCUT2D eigenvalue weighted by molar-refractivity contribution is -0.131. The van der Waals surface area contributed by atoms with Gasteiger partial charge in [0, 0.05) is 24.5 Å². The van der Waals surface area contributed by atoms with Crippen LogP contribution in [0.2, 0.25) is 0 Å². The standard InChI is InChI=1S/C21H23N3O5S2/c1-23(2)21(26)16-7-9-19(10-8-16)31(27,28)22-13-20(25)24(14-17-5-3-11-29-17)15-18-6-4-12-30-18/h3-12,22H,13-15H2,1-2H3. The summed E-state index contributed by atoms with van der Waals surface area (Å²) in [6.45, 7) is 0.180. The molecule has 0 bridgehead atoms. The molecule has 0 saturated carbocycles. The first-order valence-corrected chi connectivity index (χ1v) is 11.8. The first-order valence-electron chi connectivity index (χ1n) is 9.40. The van der Waals surface area contributed by atoms with Crippen LogP contribution in [0.15, 0.2) is 69.5 Å². The highest BCUT2D eigenvalue weighted by Gasteiger charge is 2.21. The number of benzene rings is 1. The molecule has 2 heterocycles. The van der Waals surface area contributed by atoms with Crippen LogP contribution in [0.3, 0.4) is 0 Å². The number of carbonyl (C=O) groups excluding carboxylic acids is 2. The van der Waals surface area contributed by atoms with Gasteiger partial charge in [-0.1, -0.05) is 6.07 Å². The summed E-state index contributed by atoms with van der Waals surface area (Å²) in [5.41, 5.74) is 0.376. The Hall–Kier alpha value is -2.95. The summed E-state index contributed by atoms with van der Waals surface area (Å²) in [6.07, 6.45) is 1.52. The molecule has 164 valence electrons. The summed E-state index contributed by atoms with van der Waals surface area (Å²) in [5.74, 6) is -0.00378. The third-order valence-corrected chi connectivity index (χ3v) is 6.72. The monoisotopic (exact) mass is 461 g/mol. The van der Waals surface area contributed by atoms with E-state index in [2.05, 4.69) is 4.72 Å². The van der Waals surface area contributed by atoms with E-state index in [4.69, 9.17) is 4.42 Å². The number of hydrogen-bond acceptors (Lipinski definition) is 6. The zero-order valence-electron chi connectivity index (χ0n) is 17.1. The van der Waals surface area contributed by atoms with Crippen molar-refractivity contribution < 1.29 is 22.4 Å². The van der Waals surface area contributed by atoms with Crippen molar-refractivity contribution in [3.8, 4) is 0 Å². The predicted octanol–water partition coefficient (Wildman–Crippen LogP) is 2.55. The molecule has 8 nitrogen and oxygen atoms in total. The van der Waals surface area contributed by atoms with Gasteiger partial charge in [0.2, 0.25) is 15.9 Å². The highest BCUT2D eigenvalue weighted by molar-refractivity contribution is 7.89. The predicted molar refractivity (Wildman–Crippen MR) is 117 cm³/mol. The maximum absolute atomic E-state index is 12.8. The Morgan fingerprint density at radius 2 is 1.77 bits per heavy atom. The Balaban J connectivity index is 1.67. The van der Waals surface area contributed by atoms with Gasteiger partial charge < -0.3 is 14.2 Å². The summed E-state index contributed by atoms with van der Waals surface area (Å²) >= 11 is 1.51. The molecule has 31 heavy (non-hydrogen) atoms. The first kappa shape index (κ1) is 22.7. The van der Waals surface area contributed by atoms with E-state index in [1.165, 1.54) is 51.7 Å². The number of thiophene rings is 1. The molecule has 2 amide bonds. The number of amides is 2. The molecule has 1 N–H and O–H groups in total. The molecule has 1 aromatic carbocycles. The summed E-state index contributed by atoms with van der Waals surface area (Å²) in [5, 5.41) is 1.91. The highest BCUT2D eigenvalue weighted by atomic mass is 32.2. The van der Waals surface area contributed by atoms with Gasteiger partial charge in [0.05, 0.1) is 30.8 Å². The van der Waals surface area contributed by atoms with Crippen LogP contribution in [-0.4, -0.2) is 50.7 Å². The van der Waals surface area contributed by atoms with Crippen LogP contribution in [0, 0.1) is 0 Å². The van der Waals surface area contributed by atoms with Crippen molar-refractivity contribution in [2.75, 3.05) is 20.6 Å². The third kappa shape index (κ3) is 6.03. The van der Waals surface area contributed by atoms with E-state index in [0.717, 1.165) is 4.88 Å². The van der Waals surface area contributed by atoms with Crippen molar-refractivity contribution in [3.05, 3.63) is 76.4 Å². The van der Waals surface area contributed by atoms with E-state index < -0.39 is 16.6 Å². The van der Waals surface area contributed by atoms with E-state index in [1.54, 1.807) is 26.2 Å². The minimum atomic E-state index is -3.92. The molecule has 0 radical (unpaired) electrons. The van der Waals surface area contributed by atoms with Gasteiger partial charge in [0.25, 0.3) is 5.91 Å². The topological polar surface area (TPSA) is 99.9 Å². The molecule has 0 unspecified atom stereocenters. The van der Waals surface area contributed by atoms with Crippen LogP contribution in [-0.2, 0) is 27.9 Å². The van der Waals surface area contributed by atoms with Gasteiger partial charge in [-0.2, -0.15) is 0 Å². The van der Waals surface area contributed by atoms with Crippen molar-refractivity contribution in [2.45, 2.75) is 18.0 Å². The van der Waals surface area contributed by atoms with E-state index in [9.17, 15) is 18.0 Å². The maximum atomic E-state index is 12.8. The van der Waals surface area contributed by atoms with Crippen LogP contribution in [0.5, 0.6) is 0 Å². The lowest BCUT2D eigenvalue weighted by Crippen LogP contribution is -2.39. The lowest BCUT2D eigenvalue weighted by Gasteiger charge is -2.21. The highest BCUT2D eigenvalue weighted by Crippen LogP contribution is 2.16. The minimum absolute atomic E-state index is 0.0218. The fraction of sp³-hybridized carbons (Fsp3) is 0.238. The van der Waals surface area contributed by atoms with E-state index >= 15 is 0 Å². The molecule has 0 fully saturated rings.